The lowest BCUT2D eigenvalue weighted by atomic mass is 10.1. The average molecular weight is 404 g/mol. The molecular weight excluding hydrogens is 391 g/mol. The number of para-hydroxylation sites is 1. The van der Waals surface area contributed by atoms with Crippen LogP contribution in [0.4, 0.5) is 18.9 Å². The summed E-state index contributed by atoms with van der Waals surface area (Å²) in [6.07, 6.45) is -4.49. The summed E-state index contributed by atoms with van der Waals surface area (Å²) in [5, 5.41) is 2.33. The zero-order chi connectivity index (χ0) is 16.9. The minimum atomic E-state index is -4.49. The molecule has 0 aromatic heterocycles. The van der Waals surface area contributed by atoms with Crippen LogP contribution >= 0.6 is 27.7 Å². The van der Waals surface area contributed by atoms with E-state index in [0.29, 0.717) is 5.75 Å². The van der Waals surface area contributed by atoms with Gasteiger partial charge in [-0.15, -0.1) is 11.8 Å². The summed E-state index contributed by atoms with van der Waals surface area (Å²) in [7, 11) is 0. The molecule has 0 heterocycles. The molecule has 0 aliphatic heterocycles. The van der Waals surface area contributed by atoms with Crippen LogP contribution in [-0.4, -0.2) is 11.7 Å². The normalized spacial score (nSPS) is 11.3. The van der Waals surface area contributed by atoms with Gasteiger partial charge in [0.05, 0.1) is 17.0 Å². The van der Waals surface area contributed by atoms with Gasteiger partial charge in [-0.05, 0) is 29.8 Å². The van der Waals surface area contributed by atoms with Gasteiger partial charge in [-0.2, -0.15) is 13.2 Å². The molecule has 0 saturated carbocycles. The van der Waals surface area contributed by atoms with Crippen LogP contribution in [0.3, 0.4) is 0 Å². The summed E-state index contributed by atoms with van der Waals surface area (Å²) in [4.78, 5) is 11.8. The van der Waals surface area contributed by atoms with Gasteiger partial charge in [-0.1, -0.05) is 40.2 Å². The van der Waals surface area contributed by atoms with Crippen LogP contribution in [0.25, 0.3) is 0 Å². The van der Waals surface area contributed by atoms with E-state index in [4.69, 9.17) is 0 Å². The SMILES string of the molecule is O=C(CSCc1cccc(Br)c1)Nc1ccccc1C(F)(F)F. The predicted molar refractivity (Wildman–Crippen MR) is 90.4 cm³/mol. The fraction of sp³-hybridized carbons (Fsp3) is 0.188. The van der Waals surface area contributed by atoms with Crippen molar-refractivity contribution in [3.8, 4) is 0 Å². The second kappa shape index (κ2) is 7.88. The van der Waals surface area contributed by atoms with E-state index in [0.717, 1.165) is 16.1 Å². The highest BCUT2D eigenvalue weighted by atomic mass is 79.9. The second-order valence-electron chi connectivity index (χ2n) is 4.71. The smallest absolute Gasteiger partial charge is 0.325 e. The van der Waals surface area contributed by atoms with Gasteiger partial charge in [0.25, 0.3) is 0 Å². The molecule has 23 heavy (non-hydrogen) atoms. The molecule has 0 fully saturated rings. The van der Waals surface area contributed by atoms with E-state index in [-0.39, 0.29) is 11.4 Å². The van der Waals surface area contributed by atoms with Crippen LogP contribution in [0.15, 0.2) is 53.0 Å². The molecule has 0 atom stereocenters. The van der Waals surface area contributed by atoms with Crippen molar-refractivity contribution in [3.05, 3.63) is 64.1 Å². The van der Waals surface area contributed by atoms with E-state index < -0.39 is 17.6 Å². The molecular formula is C16H13BrF3NOS. The number of halogens is 4. The Labute approximate surface area is 144 Å². The van der Waals surface area contributed by atoms with Gasteiger partial charge in [0.1, 0.15) is 0 Å². The number of hydrogen-bond acceptors (Lipinski definition) is 2. The first-order valence-corrected chi connectivity index (χ1v) is 8.59. The molecule has 2 rings (SSSR count). The Hall–Kier alpha value is -1.47. The maximum atomic E-state index is 12.8. The Morgan fingerprint density at radius 3 is 2.57 bits per heavy atom. The number of alkyl halides is 3. The third kappa shape index (κ3) is 5.58. The molecule has 2 aromatic rings. The number of anilines is 1. The largest absolute Gasteiger partial charge is 0.418 e. The molecule has 0 spiro atoms. The zero-order valence-electron chi connectivity index (χ0n) is 11.9. The Balaban J connectivity index is 1.91. The van der Waals surface area contributed by atoms with Crippen molar-refractivity contribution in [1.82, 2.24) is 0 Å². The van der Waals surface area contributed by atoms with Crippen LogP contribution < -0.4 is 5.32 Å². The van der Waals surface area contributed by atoms with E-state index in [1.54, 1.807) is 0 Å². The minimum Gasteiger partial charge on any atom is -0.325 e. The Morgan fingerprint density at radius 1 is 1.13 bits per heavy atom. The third-order valence-corrected chi connectivity index (χ3v) is 4.39. The minimum absolute atomic E-state index is 0.0820. The summed E-state index contributed by atoms with van der Waals surface area (Å²) in [5.74, 6) is 0.230. The molecule has 2 nitrogen and oxygen atoms in total. The zero-order valence-corrected chi connectivity index (χ0v) is 14.3. The molecule has 7 heteroatoms. The Morgan fingerprint density at radius 2 is 1.87 bits per heavy atom. The molecule has 0 saturated heterocycles. The maximum Gasteiger partial charge on any atom is 0.418 e. The molecule has 1 amide bonds. The van der Waals surface area contributed by atoms with Gasteiger partial charge in [0.2, 0.25) is 5.91 Å². The monoisotopic (exact) mass is 403 g/mol. The Bertz CT molecular complexity index is 691. The van der Waals surface area contributed by atoms with Crippen molar-refractivity contribution in [2.45, 2.75) is 11.9 Å². The number of thioether (sulfide) groups is 1. The average Bonchev–Trinajstić information content (AvgIpc) is 2.47. The molecule has 0 radical (unpaired) electrons. The van der Waals surface area contributed by atoms with Gasteiger partial charge < -0.3 is 5.32 Å². The van der Waals surface area contributed by atoms with Crippen LogP contribution in [0.1, 0.15) is 11.1 Å². The summed E-state index contributed by atoms with van der Waals surface area (Å²) in [6, 6.07) is 12.6. The molecule has 0 aliphatic carbocycles. The van der Waals surface area contributed by atoms with Crippen LogP contribution in [0.2, 0.25) is 0 Å². The Kier molecular flexibility index (Phi) is 6.12. The van der Waals surface area contributed by atoms with Gasteiger partial charge in [0.15, 0.2) is 0 Å². The number of carbonyl (C=O) groups excluding carboxylic acids is 1. The summed E-state index contributed by atoms with van der Waals surface area (Å²) in [6.45, 7) is 0. The third-order valence-electron chi connectivity index (χ3n) is 2.90. The molecule has 0 unspecified atom stereocenters. The first kappa shape index (κ1) is 17.9. The fourth-order valence-electron chi connectivity index (χ4n) is 1.91. The lowest BCUT2D eigenvalue weighted by Crippen LogP contribution is -2.18. The highest BCUT2D eigenvalue weighted by Crippen LogP contribution is 2.34. The standard InChI is InChI=1S/C16H13BrF3NOS/c17-12-5-3-4-11(8-12)9-23-10-15(22)21-14-7-2-1-6-13(14)16(18,19)20/h1-8H,9-10H2,(H,21,22). The molecule has 0 bridgehead atoms. The van der Waals surface area contributed by atoms with Crippen LogP contribution in [0.5, 0.6) is 0 Å². The van der Waals surface area contributed by atoms with Crippen molar-refractivity contribution in [2.24, 2.45) is 0 Å². The quantitative estimate of drug-likeness (QED) is 0.729. The number of rotatable bonds is 5. The highest BCUT2D eigenvalue weighted by molar-refractivity contribution is 9.10. The molecule has 1 N–H and O–H groups in total. The summed E-state index contributed by atoms with van der Waals surface area (Å²) < 4.78 is 39.5. The number of carbonyl (C=O) groups is 1. The van der Waals surface area contributed by atoms with Gasteiger partial charge >= 0.3 is 6.18 Å². The molecule has 0 aliphatic rings. The van der Waals surface area contributed by atoms with Crippen molar-refractivity contribution in [1.29, 1.82) is 0 Å². The van der Waals surface area contributed by atoms with E-state index in [1.165, 1.54) is 30.0 Å². The maximum absolute atomic E-state index is 12.8. The number of hydrogen-bond donors (Lipinski definition) is 1. The number of benzene rings is 2. The predicted octanol–water partition coefficient (Wildman–Crippen LogP) is 5.34. The topological polar surface area (TPSA) is 29.1 Å². The van der Waals surface area contributed by atoms with Crippen molar-refractivity contribution >= 4 is 39.3 Å². The first-order chi connectivity index (χ1) is 10.9. The number of nitrogens with one attached hydrogen (secondary N) is 1. The summed E-state index contributed by atoms with van der Waals surface area (Å²) in [5.41, 5.74) is -0.0220. The first-order valence-electron chi connectivity index (χ1n) is 6.64. The van der Waals surface area contributed by atoms with E-state index in [9.17, 15) is 18.0 Å². The van der Waals surface area contributed by atoms with E-state index in [1.807, 2.05) is 24.3 Å². The molecule has 122 valence electrons. The van der Waals surface area contributed by atoms with Crippen molar-refractivity contribution in [2.75, 3.05) is 11.1 Å². The highest BCUT2D eigenvalue weighted by Gasteiger charge is 2.33. The second-order valence-corrected chi connectivity index (χ2v) is 6.62. The van der Waals surface area contributed by atoms with Crippen LogP contribution in [0, 0.1) is 0 Å². The fourth-order valence-corrected chi connectivity index (χ4v) is 3.14. The molecule has 2 aromatic carbocycles. The van der Waals surface area contributed by atoms with E-state index >= 15 is 0 Å². The van der Waals surface area contributed by atoms with Crippen molar-refractivity contribution < 1.29 is 18.0 Å². The van der Waals surface area contributed by atoms with Crippen LogP contribution in [-0.2, 0) is 16.7 Å². The lowest BCUT2D eigenvalue weighted by molar-refractivity contribution is -0.137. The van der Waals surface area contributed by atoms with Gasteiger partial charge in [-0.3, -0.25) is 4.79 Å². The van der Waals surface area contributed by atoms with E-state index in [2.05, 4.69) is 21.2 Å². The lowest BCUT2D eigenvalue weighted by Gasteiger charge is -2.13. The summed E-state index contributed by atoms with van der Waals surface area (Å²) >= 11 is 4.70. The van der Waals surface area contributed by atoms with Gasteiger partial charge in [-0.25, -0.2) is 0 Å². The van der Waals surface area contributed by atoms with Gasteiger partial charge in [0, 0.05) is 10.2 Å². The number of amides is 1. The van der Waals surface area contributed by atoms with Crippen molar-refractivity contribution in [3.63, 3.8) is 0 Å².